The van der Waals surface area contributed by atoms with Crippen molar-refractivity contribution in [2.24, 2.45) is 0 Å². The summed E-state index contributed by atoms with van der Waals surface area (Å²) in [5.41, 5.74) is 1.75. The summed E-state index contributed by atoms with van der Waals surface area (Å²) < 4.78 is 0. The Labute approximate surface area is 92.8 Å². The lowest BCUT2D eigenvalue weighted by Crippen LogP contribution is -1.95. The van der Waals surface area contributed by atoms with Gasteiger partial charge in [0.1, 0.15) is 0 Å². The van der Waals surface area contributed by atoms with Crippen molar-refractivity contribution in [3.05, 3.63) is 35.4 Å². The van der Waals surface area contributed by atoms with Gasteiger partial charge in [0, 0.05) is 11.9 Å². The minimum atomic E-state index is 0.151. The van der Waals surface area contributed by atoms with Crippen LogP contribution in [-0.4, -0.2) is 11.7 Å². The van der Waals surface area contributed by atoms with E-state index in [4.69, 9.17) is 10.4 Å². The molecule has 0 spiro atoms. The predicted octanol–water partition coefficient (Wildman–Crippen LogP) is 2.56. The number of thiol groups is 1. The Balaban J connectivity index is 2.79. The second kappa shape index (κ2) is 5.97. The van der Waals surface area contributed by atoms with E-state index in [1.807, 2.05) is 12.1 Å². The fourth-order valence-electron chi connectivity index (χ4n) is 1.17. The molecule has 0 bridgehead atoms. The van der Waals surface area contributed by atoms with Gasteiger partial charge >= 0.3 is 0 Å². The van der Waals surface area contributed by atoms with Gasteiger partial charge in [0.05, 0.1) is 11.6 Å². The van der Waals surface area contributed by atoms with Gasteiger partial charge in [-0.05, 0) is 24.1 Å². The summed E-state index contributed by atoms with van der Waals surface area (Å²) in [5.74, 6) is 0. The second-order valence-corrected chi connectivity index (χ2v) is 4.25. The molecule has 0 fully saturated rings. The Morgan fingerprint density at radius 2 is 2.07 bits per heavy atom. The fourth-order valence-corrected chi connectivity index (χ4v) is 2.34. The van der Waals surface area contributed by atoms with E-state index >= 15 is 0 Å². The molecule has 1 rings (SSSR count). The molecule has 1 aromatic carbocycles. The topological polar surface area (TPSA) is 44.0 Å². The second-order valence-electron chi connectivity index (χ2n) is 2.84. The van der Waals surface area contributed by atoms with Crippen molar-refractivity contribution < 1.29 is 5.11 Å². The first-order valence-electron chi connectivity index (χ1n) is 4.23. The molecule has 0 aromatic heterocycles. The minimum absolute atomic E-state index is 0.151. The van der Waals surface area contributed by atoms with Crippen molar-refractivity contribution in [1.29, 1.82) is 5.26 Å². The van der Waals surface area contributed by atoms with E-state index in [0.29, 0.717) is 12.0 Å². The molecule has 0 radical (unpaired) electrons. The first-order valence-corrected chi connectivity index (χ1v) is 6.16. The van der Waals surface area contributed by atoms with Crippen LogP contribution < -0.4 is 0 Å². The quantitative estimate of drug-likeness (QED) is 0.611. The van der Waals surface area contributed by atoms with Crippen LogP contribution in [-0.2, 0) is 0 Å². The van der Waals surface area contributed by atoms with Crippen molar-refractivity contribution in [2.45, 2.75) is 11.7 Å². The molecule has 14 heavy (non-hydrogen) atoms. The minimum Gasteiger partial charge on any atom is -0.396 e. The van der Waals surface area contributed by atoms with E-state index in [1.165, 1.54) is 10.8 Å². The van der Waals surface area contributed by atoms with Crippen molar-refractivity contribution >= 4 is 22.5 Å². The molecule has 0 aliphatic carbocycles. The highest BCUT2D eigenvalue weighted by atomic mass is 33.1. The van der Waals surface area contributed by atoms with Crippen molar-refractivity contribution in [2.75, 3.05) is 6.61 Å². The highest BCUT2D eigenvalue weighted by Crippen LogP contribution is 2.34. The lowest BCUT2D eigenvalue weighted by Gasteiger charge is -2.11. The number of aliphatic hydroxyl groups is 1. The zero-order chi connectivity index (χ0) is 10.4. The molecule has 0 aliphatic heterocycles. The Morgan fingerprint density at radius 1 is 1.43 bits per heavy atom. The van der Waals surface area contributed by atoms with E-state index in [-0.39, 0.29) is 11.9 Å². The third-order valence-electron chi connectivity index (χ3n) is 1.93. The molecule has 1 atom stereocenters. The van der Waals surface area contributed by atoms with Gasteiger partial charge in [0.15, 0.2) is 0 Å². The van der Waals surface area contributed by atoms with Crippen LogP contribution in [0, 0.1) is 11.3 Å². The average molecular weight is 225 g/mol. The zero-order valence-electron chi connectivity index (χ0n) is 7.55. The van der Waals surface area contributed by atoms with Gasteiger partial charge in [-0.1, -0.05) is 22.9 Å². The van der Waals surface area contributed by atoms with Crippen molar-refractivity contribution in [3.63, 3.8) is 0 Å². The smallest absolute Gasteiger partial charge is 0.0991 e. The number of hydrogen-bond acceptors (Lipinski definition) is 4. The van der Waals surface area contributed by atoms with E-state index in [9.17, 15) is 0 Å². The number of hydrogen-bond donors (Lipinski definition) is 2. The van der Waals surface area contributed by atoms with Crippen molar-refractivity contribution in [1.82, 2.24) is 0 Å². The van der Waals surface area contributed by atoms with Crippen LogP contribution in [0.25, 0.3) is 0 Å². The molecule has 0 heterocycles. The normalized spacial score (nSPS) is 12.1. The number of benzene rings is 1. The van der Waals surface area contributed by atoms with Gasteiger partial charge < -0.3 is 5.11 Å². The summed E-state index contributed by atoms with van der Waals surface area (Å²) in [5, 5.41) is 17.6. The lowest BCUT2D eigenvalue weighted by atomic mass is 10.1. The maximum absolute atomic E-state index is 8.83. The molecule has 2 nitrogen and oxygen atoms in total. The average Bonchev–Trinajstić information content (AvgIpc) is 2.26. The van der Waals surface area contributed by atoms with Gasteiger partial charge in [0.25, 0.3) is 0 Å². The van der Waals surface area contributed by atoms with Crippen LogP contribution in [0.15, 0.2) is 24.3 Å². The molecule has 1 unspecified atom stereocenters. The molecule has 0 saturated heterocycles. The summed E-state index contributed by atoms with van der Waals surface area (Å²) in [6.07, 6.45) is 0.681. The summed E-state index contributed by atoms with van der Waals surface area (Å²) in [7, 11) is 1.41. The predicted molar refractivity (Wildman–Crippen MR) is 62.2 cm³/mol. The van der Waals surface area contributed by atoms with Gasteiger partial charge in [-0.25, -0.2) is 0 Å². The van der Waals surface area contributed by atoms with Crippen LogP contribution in [0.4, 0.5) is 0 Å². The van der Waals surface area contributed by atoms with Crippen molar-refractivity contribution in [3.8, 4) is 6.07 Å². The van der Waals surface area contributed by atoms with Gasteiger partial charge in [-0.15, -0.1) is 11.7 Å². The van der Waals surface area contributed by atoms with E-state index in [0.717, 1.165) is 5.56 Å². The first kappa shape index (κ1) is 11.4. The SMILES string of the molecule is N#Cc1ccc(C(CCO)SS)cc1. The number of nitrogens with zero attached hydrogens (tertiary/aromatic N) is 1. The standard InChI is InChI=1S/C10H11NOS2/c11-7-8-1-3-9(4-2-8)10(14-13)5-6-12/h1-4,10,12-13H,5-6H2. The highest BCUT2D eigenvalue weighted by Gasteiger charge is 2.09. The van der Waals surface area contributed by atoms with E-state index in [1.54, 1.807) is 12.1 Å². The van der Waals surface area contributed by atoms with Crippen LogP contribution in [0.5, 0.6) is 0 Å². The molecule has 0 aliphatic rings. The third kappa shape index (κ3) is 2.95. The summed E-state index contributed by atoms with van der Waals surface area (Å²) in [4.78, 5) is 0. The lowest BCUT2D eigenvalue weighted by molar-refractivity contribution is 0.287. The number of nitriles is 1. The largest absolute Gasteiger partial charge is 0.396 e. The third-order valence-corrected chi connectivity index (χ3v) is 3.46. The Kier molecular flexibility index (Phi) is 4.88. The molecule has 0 amide bonds. The Bertz CT molecular complexity index is 318. The molecule has 4 heteroatoms. The summed E-state index contributed by atoms with van der Waals surface area (Å²) in [6.45, 7) is 0.151. The van der Waals surface area contributed by atoms with Crippen LogP contribution in [0.1, 0.15) is 22.8 Å². The Hall–Kier alpha value is -0.630. The molecular formula is C10H11NOS2. The first-order chi connectivity index (χ1) is 6.81. The van der Waals surface area contributed by atoms with E-state index in [2.05, 4.69) is 17.7 Å². The van der Waals surface area contributed by atoms with Crippen LogP contribution >= 0.6 is 22.5 Å². The van der Waals surface area contributed by atoms with Crippen LogP contribution in [0.3, 0.4) is 0 Å². The molecule has 1 N–H and O–H groups in total. The fraction of sp³-hybridized carbons (Fsp3) is 0.300. The van der Waals surface area contributed by atoms with Gasteiger partial charge in [0.2, 0.25) is 0 Å². The summed E-state index contributed by atoms with van der Waals surface area (Å²) >= 11 is 4.15. The Morgan fingerprint density at radius 3 is 2.50 bits per heavy atom. The van der Waals surface area contributed by atoms with Crippen LogP contribution in [0.2, 0.25) is 0 Å². The molecule has 0 saturated carbocycles. The zero-order valence-corrected chi connectivity index (χ0v) is 9.26. The maximum atomic E-state index is 8.83. The molecule has 74 valence electrons. The summed E-state index contributed by atoms with van der Waals surface area (Å²) in [6, 6.07) is 9.44. The molecule has 1 aromatic rings. The number of aliphatic hydroxyl groups excluding tert-OH is 1. The van der Waals surface area contributed by atoms with Gasteiger partial charge in [-0.3, -0.25) is 0 Å². The monoisotopic (exact) mass is 225 g/mol. The van der Waals surface area contributed by atoms with Gasteiger partial charge in [-0.2, -0.15) is 5.26 Å². The maximum Gasteiger partial charge on any atom is 0.0991 e. The van der Waals surface area contributed by atoms with E-state index < -0.39 is 0 Å². The highest BCUT2D eigenvalue weighted by molar-refractivity contribution is 8.68. The number of rotatable bonds is 4. The molecular weight excluding hydrogens is 214 g/mol.